The minimum atomic E-state index is -1.33. The van der Waals surface area contributed by atoms with E-state index >= 15 is 0 Å². The van der Waals surface area contributed by atoms with Gasteiger partial charge >= 0.3 is 0 Å². The molecule has 2 atom stereocenters. The third-order valence-electron chi connectivity index (χ3n) is 5.09. The molecule has 2 amide bonds. The molecule has 1 aliphatic rings. The summed E-state index contributed by atoms with van der Waals surface area (Å²) in [4.78, 5) is 29.6. The number of carbonyl (C=O) groups is 2. The van der Waals surface area contributed by atoms with Crippen LogP contribution in [0.3, 0.4) is 0 Å². The van der Waals surface area contributed by atoms with Gasteiger partial charge in [0.25, 0.3) is 5.91 Å². The summed E-state index contributed by atoms with van der Waals surface area (Å²) in [5, 5.41) is 6.39. The minimum absolute atomic E-state index is 0.144. The van der Waals surface area contributed by atoms with E-state index < -0.39 is 28.0 Å². The zero-order chi connectivity index (χ0) is 23.9. The standard InChI is InChI=1S/C22H15Cl5N4O2/c23-11-5-10(6-12(24)7-11)18-19(22(18,26)27)21(33)30-14-2-3-16(25)15(8-14)20(32)31-17-4-1-13(28)9-29-17/h1-9,18-19H,28H2,(H,30,33)(H,29,31,32)/t18-,19+/m1/s1. The number of anilines is 3. The first kappa shape index (κ1) is 23.9. The molecule has 6 nitrogen and oxygen atoms in total. The van der Waals surface area contributed by atoms with Crippen molar-refractivity contribution in [1.29, 1.82) is 0 Å². The molecule has 33 heavy (non-hydrogen) atoms. The molecule has 0 spiro atoms. The third kappa shape index (κ3) is 5.15. The number of amides is 2. The molecule has 0 aliphatic heterocycles. The number of hydrogen-bond donors (Lipinski definition) is 3. The molecule has 0 bridgehead atoms. The lowest BCUT2D eigenvalue weighted by molar-refractivity contribution is -0.117. The fourth-order valence-electron chi connectivity index (χ4n) is 3.48. The molecule has 3 aromatic rings. The summed E-state index contributed by atoms with van der Waals surface area (Å²) < 4.78 is -1.33. The highest BCUT2D eigenvalue weighted by Gasteiger charge is 2.67. The first-order valence-electron chi connectivity index (χ1n) is 9.53. The van der Waals surface area contributed by atoms with E-state index in [-0.39, 0.29) is 10.6 Å². The number of halogens is 5. The normalized spacial score (nSPS) is 18.5. The van der Waals surface area contributed by atoms with Crippen molar-refractivity contribution in [2.24, 2.45) is 5.92 Å². The van der Waals surface area contributed by atoms with Crippen LogP contribution >= 0.6 is 58.0 Å². The van der Waals surface area contributed by atoms with Crippen molar-refractivity contribution >= 4 is 87.0 Å². The van der Waals surface area contributed by atoms with E-state index in [2.05, 4.69) is 15.6 Å². The topological polar surface area (TPSA) is 97.1 Å². The van der Waals surface area contributed by atoms with E-state index in [0.29, 0.717) is 32.8 Å². The van der Waals surface area contributed by atoms with Crippen LogP contribution in [0.2, 0.25) is 15.1 Å². The Balaban J connectivity index is 1.50. The van der Waals surface area contributed by atoms with Gasteiger partial charge in [-0.3, -0.25) is 9.59 Å². The summed E-state index contributed by atoms with van der Waals surface area (Å²) in [5.41, 5.74) is 7.21. The van der Waals surface area contributed by atoms with Gasteiger partial charge in [0.15, 0.2) is 0 Å². The molecule has 0 unspecified atom stereocenters. The Hall–Kier alpha value is -2.22. The van der Waals surface area contributed by atoms with E-state index in [4.69, 9.17) is 63.7 Å². The molecule has 1 heterocycles. The van der Waals surface area contributed by atoms with Gasteiger partial charge in [-0.2, -0.15) is 0 Å². The molecule has 1 aromatic heterocycles. The Kier molecular flexibility index (Phi) is 6.67. The van der Waals surface area contributed by atoms with Gasteiger partial charge in [0, 0.05) is 21.7 Å². The van der Waals surface area contributed by atoms with Crippen LogP contribution in [0, 0.1) is 5.92 Å². The van der Waals surface area contributed by atoms with Crippen LogP contribution in [0.15, 0.2) is 54.7 Å². The van der Waals surface area contributed by atoms with Crippen molar-refractivity contribution in [3.63, 3.8) is 0 Å². The number of aromatic nitrogens is 1. The highest BCUT2D eigenvalue weighted by molar-refractivity contribution is 6.53. The highest BCUT2D eigenvalue weighted by Crippen LogP contribution is 2.65. The molecule has 1 fully saturated rings. The Bertz CT molecular complexity index is 1230. The van der Waals surface area contributed by atoms with E-state index in [1.165, 1.54) is 18.3 Å². The highest BCUT2D eigenvalue weighted by atomic mass is 35.5. The van der Waals surface area contributed by atoms with Gasteiger partial charge in [-0.25, -0.2) is 4.98 Å². The number of nitrogen functional groups attached to an aromatic ring is 1. The van der Waals surface area contributed by atoms with Crippen molar-refractivity contribution < 1.29 is 9.59 Å². The quantitative estimate of drug-likeness (QED) is 0.324. The fourth-order valence-corrected chi connectivity index (χ4v) is 5.06. The summed E-state index contributed by atoms with van der Waals surface area (Å²) in [6.07, 6.45) is 1.41. The monoisotopic (exact) mass is 542 g/mol. The minimum Gasteiger partial charge on any atom is -0.397 e. The van der Waals surface area contributed by atoms with Gasteiger partial charge in [-0.1, -0.05) is 34.8 Å². The maximum absolute atomic E-state index is 12.9. The summed E-state index contributed by atoms with van der Waals surface area (Å²) in [6, 6.07) is 12.6. The molecule has 4 rings (SSSR count). The Labute approximate surface area is 214 Å². The summed E-state index contributed by atoms with van der Waals surface area (Å²) in [7, 11) is 0. The van der Waals surface area contributed by atoms with Gasteiger partial charge in [-0.15, -0.1) is 23.2 Å². The molecule has 2 aromatic carbocycles. The van der Waals surface area contributed by atoms with Gasteiger partial charge in [-0.05, 0) is 54.1 Å². The smallest absolute Gasteiger partial charge is 0.258 e. The molecule has 1 saturated carbocycles. The number of nitrogens with one attached hydrogen (secondary N) is 2. The molecule has 0 saturated heterocycles. The number of pyridine rings is 1. The molecule has 4 N–H and O–H groups in total. The fraction of sp³-hybridized carbons (Fsp3) is 0.136. The van der Waals surface area contributed by atoms with Gasteiger partial charge < -0.3 is 16.4 Å². The van der Waals surface area contributed by atoms with Gasteiger partial charge in [0.2, 0.25) is 5.91 Å². The summed E-state index contributed by atoms with van der Waals surface area (Å²) >= 11 is 31.1. The van der Waals surface area contributed by atoms with Crippen molar-refractivity contribution in [3.05, 3.63) is 80.9 Å². The van der Waals surface area contributed by atoms with Crippen LogP contribution in [0.1, 0.15) is 21.8 Å². The number of rotatable bonds is 5. The number of nitrogens with two attached hydrogens (primary N) is 1. The first-order valence-corrected chi connectivity index (χ1v) is 11.4. The second-order valence-electron chi connectivity index (χ2n) is 7.45. The number of nitrogens with zero attached hydrogens (tertiary/aromatic N) is 1. The number of carbonyl (C=O) groups excluding carboxylic acids is 2. The van der Waals surface area contributed by atoms with Crippen LogP contribution in [0.5, 0.6) is 0 Å². The van der Waals surface area contributed by atoms with E-state index in [9.17, 15) is 9.59 Å². The SMILES string of the molecule is Nc1ccc(NC(=O)c2cc(NC(=O)[C@@H]3[C@@H](c4cc(Cl)cc(Cl)c4)C3(Cl)Cl)ccc2Cl)nc1. The average molecular weight is 545 g/mol. The van der Waals surface area contributed by atoms with Crippen LogP contribution in [0.4, 0.5) is 17.2 Å². The third-order valence-corrected chi connectivity index (χ3v) is 6.79. The maximum atomic E-state index is 12.9. The van der Waals surface area contributed by atoms with E-state index in [1.807, 2.05) is 0 Å². The molecular weight excluding hydrogens is 530 g/mol. The van der Waals surface area contributed by atoms with Gasteiger partial charge in [0.05, 0.1) is 28.4 Å². The van der Waals surface area contributed by atoms with Crippen molar-refractivity contribution in [2.75, 3.05) is 16.4 Å². The Morgan fingerprint density at radius 3 is 2.27 bits per heavy atom. The summed E-state index contributed by atoms with van der Waals surface area (Å²) in [5.74, 6) is -1.87. The van der Waals surface area contributed by atoms with Crippen molar-refractivity contribution in [2.45, 2.75) is 10.3 Å². The largest absolute Gasteiger partial charge is 0.397 e. The number of hydrogen-bond acceptors (Lipinski definition) is 4. The van der Waals surface area contributed by atoms with Crippen LogP contribution in [0.25, 0.3) is 0 Å². The zero-order valence-electron chi connectivity index (χ0n) is 16.6. The molecule has 1 aliphatic carbocycles. The van der Waals surface area contributed by atoms with Crippen molar-refractivity contribution in [1.82, 2.24) is 4.98 Å². The molecule has 0 radical (unpaired) electrons. The Morgan fingerprint density at radius 1 is 0.939 bits per heavy atom. The average Bonchev–Trinajstić information content (AvgIpc) is 3.32. The molecular formula is C22H15Cl5N4O2. The van der Waals surface area contributed by atoms with Crippen molar-refractivity contribution in [3.8, 4) is 0 Å². The van der Waals surface area contributed by atoms with E-state index in [0.717, 1.165) is 0 Å². The van der Waals surface area contributed by atoms with Crippen LogP contribution in [-0.4, -0.2) is 21.1 Å². The lowest BCUT2D eigenvalue weighted by Gasteiger charge is -2.10. The second-order valence-corrected chi connectivity index (χ2v) is 10.2. The maximum Gasteiger partial charge on any atom is 0.258 e. The van der Waals surface area contributed by atoms with Crippen LogP contribution < -0.4 is 16.4 Å². The lowest BCUT2D eigenvalue weighted by Crippen LogP contribution is -2.18. The molecule has 170 valence electrons. The molecule has 11 heteroatoms. The zero-order valence-corrected chi connectivity index (χ0v) is 20.4. The van der Waals surface area contributed by atoms with E-state index in [1.54, 1.807) is 36.4 Å². The lowest BCUT2D eigenvalue weighted by atomic mass is 10.1. The first-order chi connectivity index (χ1) is 15.6. The number of benzene rings is 2. The predicted octanol–water partition coefficient (Wildman–Crippen LogP) is 6.40. The second kappa shape index (κ2) is 9.20. The van der Waals surface area contributed by atoms with Gasteiger partial charge in [0.1, 0.15) is 10.2 Å². The number of alkyl halides is 2. The van der Waals surface area contributed by atoms with Crippen LogP contribution in [-0.2, 0) is 4.79 Å². The Morgan fingerprint density at radius 2 is 1.64 bits per heavy atom. The summed E-state index contributed by atoms with van der Waals surface area (Å²) in [6.45, 7) is 0. The predicted molar refractivity (Wildman–Crippen MR) is 134 cm³/mol.